The smallest absolute Gasteiger partial charge is 0.195 e. The van der Waals surface area contributed by atoms with Crippen molar-refractivity contribution in [1.82, 2.24) is 14.9 Å². The summed E-state index contributed by atoms with van der Waals surface area (Å²) in [7, 11) is 1.70. The van der Waals surface area contributed by atoms with Crippen LogP contribution in [-0.4, -0.2) is 48.9 Å². The number of benzene rings is 2. The number of imidazole rings is 1. The molecule has 34 heavy (non-hydrogen) atoms. The van der Waals surface area contributed by atoms with E-state index in [0.29, 0.717) is 32.3 Å². The van der Waals surface area contributed by atoms with Crippen LogP contribution in [0.5, 0.6) is 17.2 Å². The van der Waals surface area contributed by atoms with Crippen LogP contribution in [0.4, 0.5) is 5.69 Å². The maximum atomic E-state index is 5.83. The number of ether oxygens (including phenoxy) is 3. The quantitative estimate of drug-likeness (QED) is 0.237. The fraction of sp³-hybridized carbons (Fsp3) is 0.360. The second-order valence-electron chi connectivity index (χ2n) is 7.86. The number of nitrogens with one attached hydrogen (secondary N) is 2. The molecule has 0 radical (unpaired) electrons. The molecule has 2 heterocycles. The van der Waals surface area contributed by atoms with E-state index in [-0.39, 0.29) is 24.0 Å². The Morgan fingerprint density at radius 2 is 2.00 bits per heavy atom. The minimum atomic E-state index is 0. The third-order valence-corrected chi connectivity index (χ3v) is 5.32. The van der Waals surface area contributed by atoms with Gasteiger partial charge in [0, 0.05) is 50.2 Å². The van der Waals surface area contributed by atoms with Crippen molar-refractivity contribution in [1.29, 1.82) is 0 Å². The van der Waals surface area contributed by atoms with E-state index in [4.69, 9.17) is 19.2 Å². The molecule has 3 aromatic rings. The molecule has 2 N–H and O–H groups in total. The number of guanidine groups is 1. The topological polar surface area (TPSA) is 81.9 Å². The molecule has 0 aliphatic carbocycles. The van der Waals surface area contributed by atoms with Crippen LogP contribution < -0.4 is 24.8 Å². The van der Waals surface area contributed by atoms with Crippen molar-refractivity contribution in [2.45, 2.75) is 26.3 Å². The first-order valence-electron chi connectivity index (χ1n) is 11.3. The molecule has 0 atom stereocenters. The molecular formula is C25H32IN5O3. The van der Waals surface area contributed by atoms with Crippen LogP contribution in [0.25, 0.3) is 0 Å². The maximum Gasteiger partial charge on any atom is 0.195 e. The zero-order valence-electron chi connectivity index (χ0n) is 19.6. The minimum Gasteiger partial charge on any atom is -0.496 e. The van der Waals surface area contributed by atoms with E-state index in [2.05, 4.69) is 34.7 Å². The summed E-state index contributed by atoms with van der Waals surface area (Å²) in [6.07, 6.45) is 7.18. The molecule has 0 saturated heterocycles. The van der Waals surface area contributed by atoms with E-state index in [1.165, 1.54) is 5.56 Å². The molecule has 182 valence electrons. The summed E-state index contributed by atoms with van der Waals surface area (Å²) >= 11 is 0. The van der Waals surface area contributed by atoms with Crippen LogP contribution in [0, 0.1) is 6.92 Å². The number of nitrogens with zero attached hydrogens (tertiary/aromatic N) is 3. The van der Waals surface area contributed by atoms with E-state index in [1.54, 1.807) is 19.6 Å². The second-order valence-corrected chi connectivity index (χ2v) is 7.86. The van der Waals surface area contributed by atoms with Crippen molar-refractivity contribution in [3.63, 3.8) is 0 Å². The predicted octanol–water partition coefficient (Wildman–Crippen LogP) is 4.28. The maximum absolute atomic E-state index is 5.83. The number of aryl methyl sites for hydroxylation is 1. The Hall–Kier alpha value is -2.95. The monoisotopic (exact) mass is 577 g/mol. The Labute approximate surface area is 217 Å². The van der Waals surface area contributed by atoms with Crippen molar-refractivity contribution >= 4 is 35.6 Å². The highest BCUT2D eigenvalue weighted by molar-refractivity contribution is 14.0. The summed E-state index contributed by atoms with van der Waals surface area (Å²) < 4.78 is 19.1. The SMILES string of the molecule is COc1ccc(C)cc1CCN=C(NCCn1ccnc1)Nc1ccc2c(c1)OCCCO2.I. The third kappa shape index (κ3) is 7.28. The van der Waals surface area contributed by atoms with Crippen LogP contribution in [0.2, 0.25) is 0 Å². The molecule has 1 aliphatic heterocycles. The van der Waals surface area contributed by atoms with Gasteiger partial charge in [-0.25, -0.2) is 4.98 Å². The molecule has 4 rings (SSSR count). The predicted molar refractivity (Wildman–Crippen MR) is 145 cm³/mol. The summed E-state index contributed by atoms with van der Waals surface area (Å²) in [5.41, 5.74) is 3.25. The van der Waals surface area contributed by atoms with E-state index in [0.717, 1.165) is 47.9 Å². The number of anilines is 1. The number of rotatable bonds is 8. The van der Waals surface area contributed by atoms with Gasteiger partial charge in [0.2, 0.25) is 0 Å². The van der Waals surface area contributed by atoms with E-state index in [1.807, 2.05) is 35.0 Å². The molecule has 0 saturated carbocycles. The van der Waals surface area contributed by atoms with E-state index < -0.39 is 0 Å². The van der Waals surface area contributed by atoms with Crippen molar-refractivity contribution in [2.24, 2.45) is 4.99 Å². The zero-order valence-corrected chi connectivity index (χ0v) is 22.0. The highest BCUT2D eigenvalue weighted by Gasteiger charge is 2.12. The van der Waals surface area contributed by atoms with Crippen LogP contribution in [0.1, 0.15) is 17.5 Å². The number of aliphatic imine (C=N–C) groups is 1. The van der Waals surface area contributed by atoms with Gasteiger partial charge < -0.3 is 29.4 Å². The number of hydrogen-bond donors (Lipinski definition) is 2. The largest absolute Gasteiger partial charge is 0.496 e. The molecule has 1 aliphatic rings. The minimum absolute atomic E-state index is 0. The molecule has 0 amide bonds. The van der Waals surface area contributed by atoms with Gasteiger partial charge in [-0.15, -0.1) is 24.0 Å². The summed E-state index contributed by atoms with van der Waals surface area (Å²) in [6.45, 7) is 5.52. The molecule has 8 nitrogen and oxygen atoms in total. The lowest BCUT2D eigenvalue weighted by Crippen LogP contribution is -2.33. The van der Waals surface area contributed by atoms with Gasteiger partial charge in [0.15, 0.2) is 17.5 Å². The molecule has 2 aromatic carbocycles. The van der Waals surface area contributed by atoms with Gasteiger partial charge in [0.05, 0.1) is 26.7 Å². The van der Waals surface area contributed by atoms with Crippen LogP contribution in [0.15, 0.2) is 60.1 Å². The van der Waals surface area contributed by atoms with Gasteiger partial charge in [0.1, 0.15) is 5.75 Å². The lowest BCUT2D eigenvalue weighted by molar-refractivity contribution is 0.297. The van der Waals surface area contributed by atoms with Gasteiger partial charge in [-0.3, -0.25) is 4.99 Å². The summed E-state index contributed by atoms with van der Waals surface area (Å²) in [6, 6.07) is 12.1. The molecule has 0 unspecified atom stereocenters. The number of aromatic nitrogens is 2. The zero-order chi connectivity index (χ0) is 22.9. The number of hydrogen-bond acceptors (Lipinski definition) is 5. The molecule has 0 bridgehead atoms. The average Bonchev–Trinajstić information content (AvgIpc) is 3.23. The molecular weight excluding hydrogens is 545 g/mol. The fourth-order valence-electron chi connectivity index (χ4n) is 3.63. The standard InChI is InChI=1S/C25H31N5O3.HI/c1-19-4-6-22(31-2)20(16-19)8-9-27-25(28-11-13-30-12-10-26-18-30)29-21-5-7-23-24(17-21)33-15-3-14-32-23;/h4-7,10,12,16-18H,3,8-9,11,13-15H2,1-2H3,(H2,27,28,29);1H. The first kappa shape index (κ1) is 25.7. The second kappa shape index (κ2) is 13.1. The van der Waals surface area contributed by atoms with Crippen molar-refractivity contribution in [3.05, 3.63) is 66.2 Å². The van der Waals surface area contributed by atoms with Gasteiger partial charge >= 0.3 is 0 Å². The summed E-state index contributed by atoms with van der Waals surface area (Å²) in [5.74, 6) is 3.12. The average molecular weight is 577 g/mol. The molecule has 1 aromatic heterocycles. The Kier molecular flexibility index (Phi) is 9.87. The third-order valence-electron chi connectivity index (χ3n) is 5.32. The van der Waals surface area contributed by atoms with Crippen molar-refractivity contribution in [3.8, 4) is 17.2 Å². The Bertz CT molecular complexity index is 1070. The number of halogens is 1. The van der Waals surface area contributed by atoms with E-state index in [9.17, 15) is 0 Å². The first-order chi connectivity index (χ1) is 16.2. The molecule has 0 spiro atoms. The summed E-state index contributed by atoms with van der Waals surface area (Å²) in [5, 5.41) is 6.82. The van der Waals surface area contributed by atoms with Crippen LogP contribution >= 0.6 is 24.0 Å². The van der Waals surface area contributed by atoms with Crippen molar-refractivity contribution in [2.75, 3.05) is 38.7 Å². The highest BCUT2D eigenvalue weighted by atomic mass is 127. The molecule has 0 fully saturated rings. The van der Waals surface area contributed by atoms with Crippen molar-refractivity contribution < 1.29 is 14.2 Å². The Balaban J connectivity index is 0.00000324. The van der Waals surface area contributed by atoms with Gasteiger partial charge in [-0.2, -0.15) is 0 Å². The first-order valence-corrected chi connectivity index (χ1v) is 11.3. The lowest BCUT2D eigenvalue weighted by atomic mass is 10.1. The fourth-order valence-corrected chi connectivity index (χ4v) is 3.63. The Morgan fingerprint density at radius 1 is 1.15 bits per heavy atom. The van der Waals surface area contributed by atoms with Crippen LogP contribution in [-0.2, 0) is 13.0 Å². The lowest BCUT2D eigenvalue weighted by Gasteiger charge is -2.15. The number of fused-ring (bicyclic) bond motifs is 1. The highest BCUT2D eigenvalue weighted by Crippen LogP contribution is 2.32. The summed E-state index contributed by atoms with van der Waals surface area (Å²) in [4.78, 5) is 8.91. The van der Waals surface area contributed by atoms with Gasteiger partial charge in [-0.05, 0) is 37.1 Å². The molecule has 9 heteroatoms. The Morgan fingerprint density at radius 3 is 2.79 bits per heavy atom. The number of methoxy groups -OCH3 is 1. The van der Waals surface area contributed by atoms with Gasteiger partial charge in [-0.1, -0.05) is 17.7 Å². The van der Waals surface area contributed by atoms with E-state index >= 15 is 0 Å². The van der Waals surface area contributed by atoms with Crippen LogP contribution in [0.3, 0.4) is 0 Å². The normalized spacial score (nSPS) is 12.9. The van der Waals surface area contributed by atoms with Gasteiger partial charge in [0.25, 0.3) is 0 Å².